The molecule has 0 bridgehead atoms. The number of hydrogen-bond donors (Lipinski definition) is 2. The summed E-state index contributed by atoms with van der Waals surface area (Å²) in [5.41, 5.74) is 1.25. The van der Waals surface area contributed by atoms with Crippen molar-refractivity contribution in [3.8, 4) is 5.75 Å². The van der Waals surface area contributed by atoms with E-state index in [2.05, 4.69) is 32.7 Å². The van der Waals surface area contributed by atoms with Gasteiger partial charge in [-0.05, 0) is 62.9 Å². The molecular formula is C24H40IN5O3. The van der Waals surface area contributed by atoms with E-state index >= 15 is 0 Å². The predicted octanol–water partition coefficient (Wildman–Crippen LogP) is 2.64. The number of hydrogen-bond acceptors (Lipinski definition) is 5. The SMILES string of the molecule is COc1ccc(C(CNC(=NCC(=O)N(C)C)NCC2CCCCO2)N2CCCC2)cc1.I. The summed E-state index contributed by atoms with van der Waals surface area (Å²) in [7, 11) is 5.19. The molecule has 2 aliphatic heterocycles. The van der Waals surface area contributed by atoms with E-state index in [1.807, 2.05) is 12.1 Å². The van der Waals surface area contributed by atoms with Gasteiger partial charge in [0.25, 0.3) is 0 Å². The molecule has 2 heterocycles. The van der Waals surface area contributed by atoms with Gasteiger partial charge >= 0.3 is 0 Å². The first kappa shape index (κ1) is 27.7. The van der Waals surface area contributed by atoms with Gasteiger partial charge in [0.1, 0.15) is 12.3 Å². The Morgan fingerprint density at radius 3 is 2.52 bits per heavy atom. The zero-order valence-electron chi connectivity index (χ0n) is 20.2. The fraction of sp³-hybridized carbons (Fsp3) is 0.667. The Labute approximate surface area is 215 Å². The quantitative estimate of drug-likeness (QED) is 0.269. The van der Waals surface area contributed by atoms with Gasteiger partial charge < -0.3 is 25.0 Å². The van der Waals surface area contributed by atoms with Crippen molar-refractivity contribution < 1.29 is 14.3 Å². The zero-order chi connectivity index (χ0) is 22.8. The van der Waals surface area contributed by atoms with E-state index in [1.54, 1.807) is 26.1 Å². The number of likely N-dealkylation sites (tertiary alicyclic amines) is 1. The van der Waals surface area contributed by atoms with E-state index in [-0.39, 0.29) is 48.6 Å². The minimum Gasteiger partial charge on any atom is -0.497 e. The number of guanidine groups is 1. The summed E-state index contributed by atoms with van der Waals surface area (Å²) in [6, 6.07) is 8.54. The van der Waals surface area contributed by atoms with E-state index < -0.39 is 0 Å². The highest BCUT2D eigenvalue weighted by Crippen LogP contribution is 2.26. The summed E-state index contributed by atoms with van der Waals surface area (Å²) in [6.07, 6.45) is 6.02. The highest BCUT2D eigenvalue weighted by molar-refractivity contribution is 14.0. The van der Waals surface area contributed by atoms with Crippen LogP contribution < -0.4 is 15.4 Å². The van der Waals surface area contributed by atoms with E-state index in [9.17, 15) is 4.79 Å². The molecule has 0 aromatic heterocycles. The van der Waals surface area contributed by atoms with Gasteiger partial charge in [-0.3, -0.25) is 9.69 Å². The number of ether oxygens (including phenoxy) is 2. The highest BCUT2D eigenvalue weighted by Gasteiger charge is 2.24. The van der Waals surface area contributed by atoms with E-state index in [4.69, 9.17) is 9.47 Å². The van der Waals surface area contributed by atoms with Crippen LogP contribution in [0.2, 0.25) is 0 Å². The summed E-state index contributed by atoms with van der Waals surface area (Å²) in [5, 5.41) is 6.90. The van der Waals surface area contributed by atoms with Gasteiger partial charge in [-0.25, -0.2) is 4.99 Å². The average Bonchev–Trinajstić information content (AvgIpc) is 3.35. The molecule has 0 aliphatic carbocycles. The number of aliphatic imine (C=N–C) groups is 1. The fourth-order valence-electron chi connectivity index (χ4n) is 4.17. The summed E-state index contributed by atoms with van der Waals surface area (Å²) in [6.45, 7) is 4.52. The van der Waals surface area contributed by atoms with Crippen molar-refractivity contribution in [3.05, 3.63) is 29.8 Å². The first-order chi connectivity index (χ1) is 15.6. The molecule has 186 valence electrons. The van der Waals surface area contributed by atoms with Gasteiger partial charge in [0.15, 0.2) is 5.96 Å². The Hall–Kier alpha value is -1.59. The first-order valence-electron chi connectivity index (χ1n) is 11.8. The van der Waals surface area contributed by atoms with E-state index in [0.29, 0.717) is 19.0 Å². The molecule has 1 aromatic carbocycles. The molecular weight excluding hydrogens is 533 g/mol. The second-order valence-corrected chi connectivity index (χ2v) is 8.74. The van der Waals surface area contributed by atoms with Gasteiger partial charge in [-0.1, -0.05) is 12.1 Å². The summed E-state index contributed by atoms with van der Waals surface area (Å²) >= 11 is 0. The van der Waals surface area contributed by atoms with Gasteiger partial charge in [0.05, 0.1) is 19.3 Å². The second kappa shape index (κ2) is 14.6. The molecule has 8 nitrogen and oxygen atoms in total. The van der Waals surface area contributed by atoms with Gasteiger partial charge in [0.2, 0.25) is 5.91 Å². The van der Waals surface area contributed by atoms with Crippen molar-refractivity contribution in [1.29, 1.82) is 0 Å². The Bertz CT molecular complexity index is 732. The number of carbonyl (C=O) groups excluding carboxylic acids is 1. The molecule has 2 fully saturated rings. The van der Waals surface area contributed by atoms with Crippen LogP contribution in [0.25, 0.3) is 0 Å². The lowest BCUT2D eigenvalue weighted by Gasteiger charge is -2.29. The molecule has 0 spiro atoms. The maximum atomic E-state index is 12.1. The normalized spacial score (nSPS) is 20.0. The number of methoxy groups -OCH3 is 1. The van der Waals surface area contributed by atoms with Gasteiger partial charge in [-0.15, -0.1) is 24.0 Å². The largest absolute Gasteiger partial charge is 0.497 e. The molecule has 9 heteroatoms. The number of carbonyl (C=O) groups is 1. The molecule has 33 heavy (non-hydrogen) atoms. The Kier molecular flexibility index (Phi) is 12.3. The second-order valence-electron chi connectivity index (χ2n) is 8.74. The standard InChI is InChI=1S/C24H39N5O3.HI/c1-28(2)23(30)18-27-24(25-16-21-8-4-7-15-32-21)26-17-22(29-13-5-6-14-29)19-9-11-20(31-3)12-10-19;/h9-12,21-22H,4-8,13-18H2,1-3H3,(H2,25,26,27);1H. The van der Waals surface area contributed by atoms with Crippen molar-refractivity contribution in [1.82, 2.24) is 20.4 Å². The fourth-order valence-corrected chi connectivity index (χ4v) is 4.17. The third-order valence-corrected chi connectivity index (χ3v) is 6.19. The van der Waals surface area contributed by atoms with Crippen LogP contribution in [-0.2, 0) is 9.53 Å². The molecule has 2 aliphatic rings. The molecule has 1 amide bonds. The lowest BCUT2D eigenvalue weighted by atomic mass is 10.1. The number of rotatable bonds is 9. The topological polar surface area (TPSA) is 78.4 Å². The maximum Gasteiger partial charge on any atom is 0.243 e. The number of halogens is 1. The summed E-state index contributed by atoms with van der Waals surface area (Å²) < 4.78 is 11.2. The first-order valence-corrected chi connectivity index (χ1v) is 11.8. The Morgan fingerprint density at radius 2 is 1.91 bits per heavy atom. The molecule has 3 rings (SSSR count). The van der Waals surface area contributed by atoms with Crippen LogP contribution in [0.1, 0.15) is 43.7 Å². The third kappa shape index (κ3) is 8.94. The molecule has 2 atom stereocenters. The molecule has 2 N–H and O–H groups in total. The lowest BCUT2D eigenvalue weighted by Crippen LogP contribution is -2.46. The van der Waals surface area contributed by atoms with Crippen LogP contribution in [0, 0.1) is 0 Å². The van der Waals surface area contributed by atoms with Crippen LogP contribution in [0.15, 0.2) is 29.3 Å². The summed E-state index contributed by atoms with van der Waals surface area (Å²) in [5.74, 6) is 1.50. The Balaban J connectivity index is 0.00000385. The molecule has 2 saturated heterocycles. The number of nitrogens with zero attached hydrogens (tertiary/aromatic N) is 3. The van der Waals surface area contributed by atoms with Crippen molar-refractivity contribution in [2.24, 2.45) is 4.99 Å². The number of amides is 1. The molecule has 1 aromatic rings. The van der Waals surface area contributed by atoms with E-state index in [0.717, 1.165) is 38.3 Å². The number of benzene rings is 1. The average molecular weight is 574 g/mol. The minimum atomic E-state index is -0.0220. The molecule has 0 saturated carbocycles. The van der Waals surface area contributed by atoms with Crippen LogP contribution in [0.3, 0.4) is 0 Å². The van der Waals surface area contributed by atoms with Crippen molar-refractivity contribution >= 4 is 35.8 Å². The van der Waals surface area contributed by atoms with Crippen molar-refractivity contribution in [2.75, 3.05) is 60.5 Å². The number of likely N-dealkylation sites (N-methyl/N-ethyl adjacent to an activating group) is 1. The monoisotopic (exact) mass is 573 g/mol. The summed E-state index contributed by atoms with van der Waals surface area (Å²) in [4.78, 5) is 20.7. The van der Waals surface area contributed by atoms with Gasteiger partial charge in [0, 0.05) is 33.8 Å². The van der Waals surface area contributed by atoms with Crippen LogP contribution >= 0.6 is 24.0 Å². The lowest BCUT2D eigenvalue weighted by molar-refractivity contribution is -0.127. The van der Waals surface area contributed by atoms with Crippen molar-refractivity contribution in [2.45, 2.75) is 44.2 Å². The molecule has 0 radical (unpaired) electrons. The minimum absolute atomic E-state index is 0. The third-order valence-electron chi connectivity index (χ3n) is 6.19. The highest BCUT2D eigenvalue weighted by atomic mass is 127. The predicted molar refractivity (Wildman–Crippen MR) is 143 cm³/mol. The van der Waals surface area contributed by atoms with Crippen LogP contribution in [-0.4, -0.2) is 88.3 Å². The maximum absolute atomic E-state index is 12.1. The smallest absolute Gasteiger partial charge is 0.243 e. The number of nitrogens with one attached hydrogen (secondary N) is 2. The van der Waals surface area contributed by atoms with E-state index in [1.165, 1.54) is 24.8 Å². The Morgan fingerprint density at radius 1 is 1.18 bits per heavy atom. The van der Waals surface area contributed by atoms with Crippen molar-refractivity contribution in [3.63, 3.8) is 0 Å². The van der Waals surface area contributed by atoms with Crippen LogP contribution in [0.5, 0.6) is 5.75 Å². The molecule has 2 unspecified atom stereocenters. The van der Waals surface area contributed by atoms with Crippen LogP contribution in [0.4, 0.5) is 0 Å². The zero-order valence-corrected chi connectivity index (χ0v) is 22.5. The van der Waals surface area contributed by atoms with Gasteiger partial charge in [-0.2, -0.15) is 0 Å².